The SMILES string of the molecule is CN(C)c1nccc(N2CCCC(C(=O)O)C2)n1. The number of carboxylic acids is 1. The Morgan fingerprint density at radius 1 is 1.56 bits per heavy atom. The van der Waals surface area contributed by atoms with E-state index < -0.39 is 5.97 Å². The van der Waals surface area contributed by atoms with E-state index in [0.717, 1.165) is 25.2 Å². The number of piperidine rings is 1. The fourth-order valence-electron chi connectivity index (χ4n) is 2.12. The average Bonchev–Trinajstić information content (AvgIpc) is 2.39. The van der Waals surface area contributed by atoms with E-state index in [4.69, 9.17) is 5.11 Å². The third kappa shape index (κ3) is 2.69. The number of hydrogen-bond acceptors (Lipinski definition) is 5. The Balaban J connectivity index is 2.15. The van der Waals surface area contributed by atoms with Crippen LogP contribution in [0.15, 0.2) is 12.3 Å². The van der Waals surface area contributed by atoms with Gasteiger partial charge in [0.15, 0.2) is 0 Å². The van der Waals surface area contributed by atoms with Crippen molar-refractivity contribution in [2.24, 2.45) is 5.92 Å². The van der Waals surface area contributed by atoms with Gasteiger partial charge >= 0.3 is 5.97 Å². The van der Waals surface area contributed by atoms with Crippen molar-refractivity contribution in [1.82, 2.24) is 9.97 Å². The number of carboxylic acid groups (broad SMARTS) is 1. The summed E-state index contributed by atoms with van der Waals surface area (Å²) in [6.07, 6.45) is 3.35. The fraction of sp³-hybridized carbons (Fsp3) is 0.583. The summed E-state index contributed by atoms with van der Waals surface area (Å²) in [7, 11) is 3.77. The van der Waals surface area contributed by atoms with Crippen LogP contribution in [0.3, 0.4) is 0 Å². The fourth-order valence-corrected chi connectivity index (χ4v) is 2.12. The van der Waals surface area contributed by atoms with Gasteiger partial charge < -0.3 is 14.9 Å². The molecule has 1 fully saturated rings. The zero-order valence-electron chi connectivity index (χ0n) is 10.7. The largest absolute Gasteiger partial charge is 0.481 e. The molecule has 1 aromatic heterocycles. The zero-order valence-corrected chi connectivity index (χ0v) is 10.7. The van der Waals surface area contributed by atoms with Gasteiger partial charge in [0.25, 0.3) is 0 Å². The third-order valence-corrected chi connectivity index (χ3v) is 3.12. The highest BCUT2D eigenvalue weighted by Gasteiger charge is 2.26. The molecular weight excluding hydrogens is 232 g/mol. The van der Waals surface area contributed by atoms with E-state index in [-0.39, 0.29) is 5.92 Å². The number of carbonyl (C=O) groups is 1. The first kappa shape index (κ1) is 12.6. The van der Waals surface area contributed by atoms with Gasteiger partial charge in [-0.25, -0.2) is 4.98 Å². The minimum Gasteiger partial charge on any atom is -0.481 e. The molecule has 1 atom stereocenters. The number of rotatable bonds is 3. The van der Waals surface area contributed by atoms with Crippen molar-refractivity contribution in [2.75, 3.05) is 37.0 Å². The summed E-state index contributed by atoms with van der Waals surface area (Å²) in [5.74, 6) is 0.433. The van der Waals surface area contributed by atoms with Crippen LogP contribution in [-0.2, 0) is 4.79 Å². The van der Waals surface area contributed by atoms with Gasteiger partial charge in [0.1, 0.15) is 5.82 Å². The molecule has 2 rings (SSSR count). The van der Waals surface area contributed by atoms with Crippen LogP contribution in [0.1, 0.15) is 12.8 Å². The van der Waals surface area contributed by atoms with Crippen LogP contribution < -0.4 is 9.80 Å². The van der Waals surface area contributed by atoms with Crippen LogP contribution in [0.5, 0.6) is 0 Å². The van der Waals surface area contributed by atoms with Gasteiger partial charge in [0.05, 0.1) is 5.92 Å². The van der Waals surface area contributed by atoms with Crippen LogP contribution >= 0.6 is 0 Å². The zero-order chi connectivity index (χ0) is 13.1. The standard InChI is InChI=1S/C12H18N4O2/c1-15(2)12-13-6-5-10(14-12)16-7-3-4-9(8-16)11(17)18/h5-6,9H,3-4,7-8H2,1-2H3,(H,17,18). The molecule has 0 aromatic carbocycles. The molecule has 98 valence electrons. The Bertz CT molecular complexity index is 436. The van der Waals surface area contributed by atoms with Crippen molar-refractivity contribution in [2.45, 2.75) is 12.8 Å². The second kappa shape index (κ2) is 5.20. The molecule has 1 N–H and O–H groups in total. The summed E-state index contributed by atoms with van der Waals surface area (Å²) in [5.41, 5.74) is 0. The monoisotopic (exact) mass is 250 g/mol. The lowest BCUT2D eigenvalue weighted by Crippen LogP contribution is -2.39. The van der Waals surface area contributed by atoms with E-state index in [0.29, 0.717) is 12.5 Å². The molecule has 0 bridgehead atoms. The number of hydrogen-bond donors (Lipinski definition) is 1. The van der Waals surface area contributed by atoms with Gasteiger partial charge in [-0.1, -0.05) is 0 Å². The number of aromatic nitrogens is 2. The molecule has 1 unspecified atom stereocenters. The van der Waals surface area contributed by atoms with E-state index in [2.05, 4.69) is 9.97 Å². The first-order valence-electron chi connectivity index (χ1n) is 6.06. The first-order valence-corrected chi connectivity index (χ1v) is 6.06. The molecule has 6 heteroatoms. The molecule has 0 amide bonds. The number of anilines is 2. The van der Waals surface area contributed by atoms with Gasteiger partial charge in [-0.15, -0.1) is 0 Å². The van der Waals surface area contributed by atoms with Crippen molar-refractivity contribution in [3.05, 3.63) is 12.3 Å². The Morgan fingerprint density at radius 2 is 2.33 bits per heavy atom. The van der Waals surface area contributed by atoms with Crippen LogP contribution in [0.2, 0.25) is 0 Å². The second-order valence-electron chi connectivity index (χ2n) is 4.73. The topological polar surface area (TPSA) is 69.6 Å². The second-order valence-corrected chi connectivity index (χ2v) is 4.73. The third-order valence-electron chi connectivity index (χ3n) is 3.12. The molecule has 6 nitrogen and oxygen atoms in total. The highest BCUT2D eigenvalue weighted by Crippen LogP contribution is 2.22. The van der Waals surface area contributed by atoms with Gasteiger partial charge in [0.2, 0.25) is 5.95 Å². The maximum atomic E-state index is 11.0. The highest BCUT2D eigenvalue weighted by molar-refractivity contribution is 5.71. The van der Waals surface area contributed by atoms with Gasteiger partial charge in [-0.05, 0) is 18.9 Å². The van der Waals surface area contributed by atoms with Gasteiger partial charge in [0, 0.05) is 33.4 Å². The number of nitrogens with zero attached hydrogens (tertiary/aromatic N) is 4. The summed E-state index contributed by atoms with van der Waals surface area (Å²) in [4.78, 5) is 23.5. The van der Waals surface area contributed by atoms with Crippen LogP contribution in [0, 0.1) is 5.92 Å². The number of aliphatic carboxylic acids is 1. The minimum atomic E-state index is -0.721. The first-order chi connectivity index (χ1) is 8.58. The molecule has 1 aliphatic rings. The van der Waals surface area contributed by atoms with Crippen LogP contribution in [-0.4, -0.2) is 48.2 Å². The van der Waals surface area contributed by atoms with E-state index in [1.54, 1.807) is 6.20 Å². The Kier molecular flexibility index (Phi) is 3.64. The normalized spacial score (nSPS) is 19.7. The van der Waals surface area contributed by atoms with Gasteiger partial charge in [-0.3, -0.25) is 4.79 Å². The lowest BCUT2D eigenvalue weighted by atomic mass is 9.98. The van der Waals surface area contributed by atoms with E-state index in [1.807, 2.05) is 30.0 Å². The molecule has 0 saturated carbocycles. The maximum Gasteiger partial charge on any atom is 0.308 e. The Morgan fingerprint density at radius 3 is 3.00 bits per heavy atom. The Labute approximate surface area is 106 Å². The molecule has 2 heterocycles. The molecule has 0 radical (unpaired) electrons. The van der Waals surface area contributed by atoms with E-state index >= 15 is 0 Å². The van der Waals surface area contributed by atoms with Crippen molar-refractivity contribution < 1.29 is 9.90 Å². The summed E-state index contributed by atoms with van der Waals surface area (Å²) in [6, 6.07) is 1.83. The van der Waals surface area contributed by atoms with Crippen LogP contribution in [0.4, 0.5) is 11.8 Å². The highest BCUT2D eigenvalue weighted by atomic mass is 16.4. The summed E-state index contributed by atoms with van der Waals surface area (Å²) >= 11 is 0. The Hall–Kier alpha value is -1.85. The quantitative estimate of drug-likeness (QED) is 0.857. The van der Waals surface area contributed by atoms with Crippen molar-refractivity contribution >= 4 is 17.7 Å². The summed E-state index contributed by atoms with van der Waals surface area (Å²) < 4.78 is 0. The molecule has 1 saturated heterocycles. The van der Waals surface area contributed by atoms with Gasteiger partial charge in [-0.2, -0.15) is 4.98 Å². The average molecular weight is 250 g/mol. The van der Waals surface area contributed by atoms with Crippen molar-refractivity contribution in [1.29, 1.82) is 0 Å². The minimum absolute atomic E-state index is 0.295. The summed E-state index contributed by atoms with van der Waals surface area (Å²) in [5, 5.41) is 9.08. The van der Waals surface area contributed by atoms with Crippen molar-refractivity contribution in [3.8, 4) is 0 Å². The van der Waals surface area contributed by atoms with Crippen molar-refractivity contribution in [3.63, 3.8) is 0 Å². The maximum absolute atomic E-state index is 11.0. The lowest BCUT2D eigenvalue weighted by Gasteiger charge is -2.31. The molecule has 0 spiro atoms. The van der Waals surface area contributed by atoms with E-state index in [9.17, 15) is 4.79 Å². The molecule has 1 aromatic rings. The molecule has 18 heavy (non-hydrogen) atoms. The summed E-state index contributed by atoms with van der Waals surface area (Å²) in [6.45, 7) is 1.38. The lowest BCUT2D eigenvalue weighted by molar-refractivity contribution is -0.141. The molecular formula is C12H18N4O2. The molecule has 0 aliphatic carbocycles. The predicted octanol–water partition coefficient (Wildman–Crippen LogP) is 0.844. The van der Waals surface area contributed by atoms with Crippen LogP contribution in [0.25, 0.3) is 0 Å². The van der Waals surface area contributed by atoms with E-state index in [1.165, 1.54) is 0 Å². The molecule has 1 aliphatic heterocycles. The predicted molar refractivity (Wildman–Crippen MR) is 68.9 cm³/mol. The smallest absolute Gasteiger partial charge is 0.308 e.